The van der Waals surface area contributed by atoms with Crippen LogP contribution in [0.1, 0.15) is 18.3 Å². The van der Waals surface area contributed by atoms with E-state index in [1.807, 2.05) is 54.0 Å². The van der Waals surface area contributed by atoms with Gasteiger partial charge in [-0.15, -0.1) is 10.2 Å². The Morgan fingerprint density at radius 3 is 2.56 bits per heavy atom. The standard InChI is InChI=1S/C22H23N5O3S2/c1-4-27-19(11-14-5-7-15(29-2)8-6-14)25-26-22(27)31-13-20(28)24-21-23-17-10-9-16(30-3)12-18(17)32-21/h5-10,12H,4,11,13H2,1-3H3,(H,23,24,28). The Kier molecular flexibility index (Phi) is 6.91. The number of aromatic nitrogens is 4. The van der Waals surface area contributed by atoms with Crippen molar-refractivity contribution in [3.05, 3.63) is 53.9 Å². The monoisotopic (exact) mass is 469 g/mol. The summed E-state index contributed by atoms with van der Waals surface area (Å²) in [6.07, 6.45) is 0.659. The van der Waals surface area contributed by atoms with E-state index in [-0.39, 0.29) is 11.7 Å². The number of benzene rings is 2. The van der Waals surface area contributed by atoms with Crippen LogP contribution >= 0.6 is 23.1 Å². The van der Waals surface area contributed by atoms with E-state index in [2.05, 4.69) is 20.5 Å². The molecule has 0 fully saturated rings. The number of carbonyl (C=O) groups excluding carboxylic acids is 1. The van der Waals surface area contributed by atoms with Crippen molar-refractivity contribution in [2.45, 2.75) is 25.0 Å². The SMILES string of the molecule is CCn1c(Cc2ccc(OC)cc2)nnc1SCC(=O)Nc1nc2ccc(OC)cc2s1. The van der Waals surface area contributed by atoms with Gasteiger partial charge in [-0.1, -0.05) is 35.2 Å². The normalized spacial score (nSPS) is 11.0. The van der Waals surface area contributed by atoms with Gasteiger partial charge in [-0.05, 0) is 42.8 Å². The fourth-order valence-electron chi connectivity index (χ4n) is 3.17. The van der Waals surface area contributed by atoms with E-state index in [0.29, 0.717) is 11.6 Å². The molecular formula is C22H23N5O3S2. The van der Waals surface area contributed by atoms with Crippen molar-refractivity contribution < 1.29 is 14.3 Å². The van der Waals surface area contributed by atoms with Crippen molar-refractivity contribution in [3.63, 3.8) is 0 Å². The molecule has 0 spiro atoms. The summed E-state index contributed by atoms with van der Waals surface area (Å²) in [4.78, 5) is 16.9. The summed E-state index contributed by atoms with van der Waals surface area (Å²) in [5.74, 6) is 2.53. The third-order valence-corrected chi connectivity index (χ3v) is 6.71. The molecule has 1 N–H and O–H groups in total. The van der Waals surface area contributed by atoms with Gasteiger partial charge < -0.3 is 19.4 Å². The van der Waals surface area contributed by atoms with E-state index in [9.17, 15) is 4.79 Å². The van der Waals surface area contributed by atoms with Crippen LogP contribution in [0, 0.1) is 0 Å². The molecule has 2 aromatic carbocycles. The molecule has 4 aromatic rings. The Labute approximate surface area is 194 Å². The van der Waals surface area contributed by atoms with Crippen molar-refractivity contribution >= 4 is 44.4 Å². The third kappa shape index (κ3) is 5.03. The zero-order valence-corrected chi connectivity index (χ0v) is 19.6. The molecule has 1 amide bonds. The summed E-state index contributed by atoms with van der Waals surface area (Å²) in [5.41, 5.74) is 1.95. The highest BCUT2D eigenvalue weighted by molar-refractivity contribution is 7.99. The maximum Gasteiger partial charge on any atom is 0.236 e. The Morgan fingerprint density at radius 1 is 1.09 bits per heavy atom. The van der Waals surface area contributed by atoms with Crippen molar-refractivity contribution in [1.82, 2.24) is 19.7 Å². The highest BCUT2D eigenvalue weighted by Gasteiger charge is 2.15. The Balaban J connectivity index is 1.38. The molecule has 0 saturated heterocycles. The van der Waals surface area contributed by atoms with Gasteiger partial charge in [0.2, 0.25) is 5.91 Å². The summed E-state index contributed by atoms with van der Waals surface area (Å²) in [5, 5.41) is 12.8. The number of fused-ring (bicyclic) bond motifs is 1. The number of thiazole rings is 1. The number of hydrogen-bond acceptors (Lipinski definition) is 8. The van der Waals surface area contributed by atoms with Crippen molar-refractivity contribution in [2.24, 2.45) is 0 Å². The zero-order chi connectivity index (χ0) is 22.5. The molecule has 10 heteroatoms. The van der Waals surface area contributed by atoms with Crippen LogP contribution in [0.5, 0.6) is 11.5 Å². The van der Waals surface area contributed by atoms with E-state index in [1.54, 1.807) is 14.2 Å². The van der Waals surface area contributed by atoms with E-state index in [4.69, 9.17) is 9.47 Å². The van der Waals surface area contributed by atoms with Crippen LogP contribution in [0.15, 0.2) is 47.6 Å². The quantitative estimate of drug-likeness (QED) is 0.367. The van der Waals surface area contributed by atoms with E-state index >= 15 is 0 Å². The van der Waals surface area contributed by atoms with Gasteiger partial charge in [-0.2, -0.15) is 0 Å². The summed E-state index contributed by atoms with van der Waals surface area (Å²) in [6.45, 7) is 2.77. The molecule has 2 aromatic heterocycles. The molecule has 0 saturated carbocycles. The first-order valence-corrected chi connectivity index (χ1v) is 11.8. The average Bonchev–Trinajstić information content (AvgIpc) is 3.40. The maximum absolute atomic E-state index is 12.5. The molecule has 0 atom stereocenters. The number of amides is 1. The van der Waals surface area contributed by atoms with Crippen LogP contribution in [0.4, 0.5) is 5.13 Å². The van der Waals surface area contributed by atoms with Gasteiger partial charge in [0.1, 0.15) is 17.3 Å². The number of ether oxygens (including phenoxy) is 2. The second-order valence-corrected chi connectivity index (χ2v) is 8.83. The summed E-state index contributed by atoms with van der Waals surface area (Å²) < 4.78 is 13.4. The number of nitrogens with one attached hydrogen (secondary N) is 1. The number of nitrogens with zero attached hydrogens (tertiary/aromatic N) is 4. The number of carbonyl (C=O) groups is 1. The van der Waals surface area contributed by atoms with E-state index in [0.717, 1.165) is 44.8 Å². The minimum Gasteiger partial charge on any atom is -0.497 e. The number of anilines is 1. The largest absolute Gasteiger partial charge is 0.497 e. The van der Waals surface area contributed by atoms with Gasteiger partial charge in [-0.25, -0.2) is 4.98 Å². The third-order valence-electron chi connectivity index (χ3n) is 4.81. The lowest BCUT2D eigenvalue weighted by Crippen LogP contribution is -2.14. The summed E-state index contributed by atoms with van der Waals surface area (Å²) in [6, 6.07) is 13.5. The predicted molar refractivity (Wildman–Crippen MR) is 127 cm³/mol. The minimum absolute atomic E-state index is 0.136. The highest BCUT2D eigenvalue weighted by atomic mass is 32.2. The topological polar surface area (TPSA) is 91.2 Å². The summed E-state index contributed by atoms with van der Waals surface area (Å²) in [7, 11) is 3.27. The molecule has 166 valence electrons. The lowest BCUT2D eigenvalue weighted by atomic mass is 10.1. The fraction of sp³-hybridized carbons (Fsp3) is 0.273. The number of hydrogen-bond donors (Lipinski definition) is 1. The number of methoxy groups -OCH3 is 2. The second kappa shape index (κ2) is 10.0. The Bertz CT molecular complexity index is 1220. The lowest BCUT2D eigenvalue weighted by molar-refractivity contribution is -0.113. The van der Waals surface area contributed by atoms with Crippen LogP contribution in [-0.2, 0) is 17.8 Å². The van der Waals surface area contributed by atoms with Crippen molar-refractivity contribution in [3.8, 4) is 11.5 Å². The van der Waals surface area contributed by atoms with Crippen LogP contribution in [0.25, 0.3) is 10.2 Å². The number of thioether (sulfide) groups is 1. The minimum atomic E-state index is -0.136. The molecule has 2 heterocycles. The molecule has 32 heavy (non-hydrogen) atoms. The molecule has 0 aliphatic heterocycles. The van der Waals surface area contributed by atoms with Crippen molar-refractivity contribution in [1.29, 1.82) is 0 Å². The molecule has 0 aliphatic carbocycles. The molecule has 8 nitrogen and oxygen atoms in total. The molecule has 0 unspecified atom stereocenters. The zero-order valence-electron chi connectivity index (χ0n) is 18.0. The van der Waals surface area contributed by atoms with Crippen LogP contribution in [0.2, 0.25) is 0 Å². The van der Waals surface area contributed by atoms with Crippen LogP contribution in [0.3, 0.4) is 0 Å². The lowest BCUT2D eigenvalue weighted by Gasteiger charge is -2.08. The van der Waals surface area contributed by atoms with Crippen molar-refractivity contribution in [2.75, 3.05) is 25.3 Å². The van der Waals surface area contributed by atoms with Gasteiger partial charge in [-0.3, -0.25) is 4.79 Å². The van der Waals surface area contributed by atoms with Crippen LogP contribution in [-0.4, -0.2) is 45.6 Å². The second-order valence-electron chi connectivity index (χ2n) is 6.86. The first-order chi connectivity index (χ1) is 15.6. The van der Waals surface area contributed by atoms with Gasteiger partial charge >= 0.3 is 0 Å². The predicted octanol–water partition coefficient (Wildman–Crippen LogP) is 4.25. The molecule has 0 radical (unpaired) electrons. The smallest absolute Gasteiger partial charge is 0.236 e. The Morgan fingerprint density at radius 2 is 1.84 bits per heavy atom. The molecular weight excluding hydrogens is 446 g/mol. The van der Waals surface area contributed by atoms with E-state index in [1.165, 1.54) is 23.1 Å². The van der Waals surface area contributed by atoms with Gasteiger partial charge in [0.25, 0.3) is 0 Å². The Hall–Kier alpha value is -3.11. The van der Waals surface area contributed by atoms with Gasteiger partial charge in [0.05, 0.1) is 30.2 Å². The van der Waals surface area contributed by atoms with Gasteiger partial charge in [0, 0.05) is 13.0 Å². The average molecular weight is 470 g/mol. The molecule has 0 aliphatic rings. The van der Waals surface area contributed by atoms with Gasteiger partial charge in [0.15, 0.2) is 10.3 Å². The van der Waals surface area contributed by atoms with E-state index < -0.39 is 0 Å². The maximum atomic E-state index is 12.5. The molecule has 4 rings (SSSR count). The fourth-order valence-corrected chi connectivity index (χ4v) is 4.90. The highest BCUT2D eigenvalue weighted by Crippen LogP contribution is 2.29. The first kappa shape index (κ1) is 22.1. The van der Waals surface area contributed by atoms with Crippen LogP contribution < -0.4 is 14.8 Å². The summed E-state index contributed by atoms with van der Waals surface area (Å²) >= 11 is 2.78. The molecule has 0 bridgehead atoms. The number of rotatable bonds is 9. The first-order valence-electron chi connectivity index (χ1n) is 10.0.